The van der Waals surface area contributed by atoms with Crippen LogP contribution >= 0.6 is 0 Å². The van der Waals surface area contributed by atoms with Crippen LogP contribution in [0.1, 0.15) is 51.3 Å². The van der Waals surface area contributed by atoms with Crippen molar-refractivity contribution in [3.63, 3.8) is 0 Å². The van der Waals surface area contributed by atoms with Gasteiger partial charge in [-0.2, -0.15) is 0 Å². The summed E-state index contributed by atoms with van der Waals surface area (Å²) in [5.41, 5.74) is 2.35. The Bertz CT molecular complexity index is 762. The molecule has 1 aliphatic heterocycles. The van der Waals surface area contributed by atoms with Crippen molar-refractivity contribution in [3.8, 4) is 11.5 Å². The number of para-hydroxylation sites is 1. The SMILES string of the molecule is C[C@@H](Oc1ccc(C(C)(C)C)cc1)C(=O)N[C@@H]1CCOc2ccccc21. The zero-order valence-electron chi connectivity index (χ0n) is 15.9. The van der Waals surface area contributed by atoms with Crippen molar-refractivity contribution >= 4 is 5.91 Å². The fraction of sp³-hybridized carbons (Fsp3) is 0.409. The Morgan fingerprint density at radius 2 is 1.85 bits per heavy atom. The molecule has 2 atom stereocenters. The minimum Gasteiger partial charge on any atom is -0.493 e. The van der Waals surface area contributed by atoms with E-state index in [1.54, 1.807) is 6.92 Å². The molecular weight excluding hydrogens is 326 g/mol. The van der Waals surface area contributed by atoms with E-state index in [0.29, 0.717) is 12.4 Å². The summed E-state index contributed by atoms with van der Waals surface area (Å²) in [6.07, 6.45) is 0.195. The molecular formula is C22H27NO3. The van der Waals surface area contributed by atoms with E-state index < -0.39 is 6.10 Å². The molecule has 0 aromatic heterocycles. The lowest BCUT2D eigenvalue weighted by Gasteiger charge is -2.27. The highest BCUT2D eigenvalue weighted by Crippen LogP contribution is 2.31. The highest BCUT2D eigenvalue weighted by molar-refractivity contribution is 5.81. The van der Waals surface area contributed by atoms with Crippen molar-refractivity contribution in [3.05, 3.63) is 59.7 Å². The monoisotopic (exact) mass is 353 g/mol. The van der Waals surface area contributed by atoms with E-state index >= 15 is 0 Å². The minimum absolute atomic E-state index is 0.0400. The van der Waals surface area contributed by atoms with E-state index in [1.165, 1.54) is 5.56 Å². The molecule has 0 aliphatic carbocycles. The largest absolute Gasteiger partial charge is 0.493 e. The quantitative estimate of drug-likeness (QED) is 0.887. The van der Waals surface area contributed by atoms with Gasteiger partial charge in [-0.05, 0) is 36.1 Å². The Labute approximate surface area is 155 Å². The van der Waals surface area contributed by atoms with E-state index in [1.807, 2.05) is 36.4 Å². The Morgan fingerprint density at radius 3 is 2.54 bits per heavy atom. The number of carbonyl (C=O) groups is 1. The van der Waals surface area contributed by atoms with Gasteiger partial charge in [0.2, 0.25) is 0 Å². The summed E-state index contributed by atoms with van der Waals surface area (Å²) in [5.74, 6) is 1.43. The molecule has 1 amide bonds. The summed E-state index contributed by atoms with van der Waals surface area (Å²) in [5, 5.41) is 3.09. The fourth-order valence-electron chi connectivity index (χ4n) is 3.07. The van der Waals surface area contributed by atoms with Crippen LogP contribution in [0.2, 0.25) is 0 Å². The first kappa shape index (κ1) is 18.3. The predicted octanol–water partition coefficient (Wildman–Crippen LogP) is 4.39. The highest BCUT2D eigenvalue weighted by Gasteiger charge is 2.25. The highest BCUT2D eigenvalue weighted by atomic mass is 16.5. The average Bonchev–Trinajstić information content (AvgIpc) is 2.61. The maximum Gasteiger partial charge on any atom is 0.261 e. The molecule has 4 heteroatoms. The average molecular weight is 353 g/mol. The number of carbonyl (C=O) groups excluding carboxylic acids is 1. The molecule has 26 heavy (non-hydrogen) atoms. The van der Waals surface area contributed by atoms with Gasteiger partial charge < -0.3 is 14.8 Å². The number of hydrogen-bond acceptors (Lipinski definition) is 3. The lowest BCUT2D eigenvalue weighted by atomic mass is 9.87. The Balaban J connectivity index is 1.62. The molecule has 2 aromatic rings. The summed E-state index contributed by atoms with van der Waals surface area (Å²) < 4.78 is 11.5. The molecule has 0 saturated carbocycles. The first-order valence-corrected chi connectivity index (χ1v) is 9.14. The molecule has 1 N–H and O–H groups in total. The lowest BCUT2D eigenvalue weighted by Crippen LogP contribution is -2.40. The molecule has 1 aliphatic rings. The third-order valence-electron chi connectivity index (χ3n) is 4.68. The molecule has 0 saturated heterocycles. The summed E-state index contributed by atoms with van der Waals surface area (Å²) in [6.45, 7) is 8.89. The number of ether oxygens (including phenoxy) is 2. The summed E-state index contributed by atoms with van der Waals surface area (Å²) >= 11 is 0. The summed E-state index contributed by atoms with van der Waals surface area (Å²) in [7, 11) is 0. The molecule has 0 fully saturated rings. The third kappa shape index (κ3) is 4.18. The van der Waals surface area contributed by atoms with Gasteiger partial charge in [-0.25, -0.2) is 0 Å². The van der Waals surface area contributed by atoms with Gasteiger partial charge in [-0.3, -0.25) is 4.79 Å². The van der Waals surface area contributed by atoms with Crippen LogP contribution in [0.25, 0.3) is 0 Å². The molecule has 0 unspecified atom stereocenters. The molecule has 2 aromatic carbocycles. The van der Waals surface area contributed by atoms with Crippen molar-refractivity contribution in [1.82, 2.24) is 5.32 Å². The van der Waals surface area contributed by atoms with Crippen LogP contribution in [-0.2, 0) is 10.2 Å². The van der Waals surface area contributed by atoms with E-state index in [0.717, 1.165) is 17.7 Å². The van der Waals surface area contributed by atoms with Crippen molar-refractivity contribution in [1.29, 1.82) is 0 Å². The second-order valence-corrected chi connectivity index (χ2v) is 7.77. The van der Waals surface area contributed by atoms with Crippen LogP contribution < -0.4 is 14.8 Å². The van der Waals surface area contributed by atoms with Crippen LogP contribution in [0.4, 0.5) is 0 Å². The topological polar surface area (TPSA) is 47.6 Å². The maximum atomic E-state index is 12.6. The van der Waals surface area contributed by atoms with Gasteiger partial charge in [0.25, 0.3) is 5.91 Å². The Morgan fingerprint density at radius 1 is 1.15 bits per heavy atom. The van der Waals surface area contributed by atoms with Gasteiger partial charge in [-0.15, -0.1) is 0 Å². The van der Waals surface area contributed by atoms with E-state index in [9.17, 15) is 4.79 Å². The zero-order chi connectivity index (χ0) is 18.7. The van der Waals surface area contributed by atoms with Crippen molar-refractivity contribution in [2.45, 2.75) is 51.7 Å². The van der Waals surface area contributed by atoms with Crippen molar-refractivity contribution in [2.75, 3.05) is 6.61 Å². The van der Waals surface area contributed by atoms with Gasteiger partial charge in [0, 0.05) is 12.0 Å². The van der Waals surface area contributed by atoms with Crippen LogP contribution in [0.3, 0.4) is 0 Å². The van der Waals surface area contributed by atoms with Crippen molar-refractivity contribution < 1.29 is 14.3 Å². The lowest BCUT2D eigenvalue weighted by molar-refractivity contribution is -0.128. The number of amides is 1. The van der Waals surface area contributed by atoms with Crippen LogP contribution in [0.5, 0.6) is 11.5 Å². The second kappa shape index (κ2) is 7.40. The fourth-order valence-corrected chi connectivity index (χ4v) is 3.07. The van der Waals surface area contributed by atoms with Gasteiger partial charge in [0.15, 0.2) is 6.10 Å². The molecule has 0 spiro atoms. The van der Waals surface area contributed by atoms with E-state index in [-0.39, 0.29) is 17.4 Å². The summed E-state index contributed by atoms with van der Waals surface area (Å²) in [4.78, 5) is 12.6. The van der Waals surface area contributed by atoms with E-state index in [2.05, 4.69) is 38.2 Å². The second-order valence-electron chi connectivity index (χ2n) is 7.77. The van der Waals surface area contributed by atoms with Gasteiger partial charge in [-0.1, -0.05) is 51.1 Å². The molecule has 0 radical (unpaired) electrons. The number of hydrogen-bond donors (Lipinski definition) is 1. The first-order chi connectivity index (χ1) is 12.3. The van der Waals surface area contributed by atoms with Crippen LogP contribution in [-0.4, -0.2) is 18.6 Å². The number of nitrogens with one attached hydrogen (secondary N) is 1. The van der Waals surface area contributed by atoms with Gasteiger partial charge in [0.1, 0.15) is 11.5 Å². The van der Waals surface area contributed by atoms with E-state index in [4.69, 9.17) is 9.47 Å². The maximum absolute atomic E-state index is 12.6. The first-order valence-electron chi connectivity index (χ1n) is 9.14. The molecule has 138 valence electrons. The van der Waals surface area contributed by atoms with Gasteiger partial charge in [0.05, 0.1) is 12.6 Å². The number of benzene rings is 2. The Kier molecular flexibility index (Phi) is 5.21. The Hall–Kier alpha value is -2.49. The smallest absolute Gasteiger partial charge is 0.261 e. The minimum atomic E-state index is -0.564. The standard InChI is InChI=1S/C22H27NO3/c1-15(26-17-11-9-16(10-12-17)22(2,3)4)21(24)23-19-13-14-25-20-8-6-5-7-18(19)20/h5-12,15,19H,13-14H2,1-4H3,(H,23,24)/t15-,19-/m1/s1. The predicted molar refractivity (Wildman–Crippen MR) is 103 cm³/mol. The molecule has 1 heterocycles. The van der Waals surface area contributed by atoms with Gasteiger partial charge >= 0.3 is 0 Å². The number of rotatable bonds is 4. The van der Waals surface area contributed by atoms with Crippen LogP contribution in [0, 0.1) is 0 Å². The normalized spacial score (nSPS) is 17.6. The van der Waals surface area contributed by atoms with Crippen LogP contribution in [0.15, 0.2) is 48.5 Å². The molecule has 4 nitrogen and oxygen atoms in total. The summed E-state index contributed by atoms with van der Waals surface area (Å²) in [6, 6.07) is 15.7. The van der Waals surface area contributed by atoms with Crippen molar-refractivity contribution in [2.24, 2.45) is 0 Å². The molecule has 3 rings (SSSR count). The third-order valence-corrected chi connectivity index (χ3v) is 4.68. The zero-order valence-corrected chi connectivity index (χ0v) is 15.9. The number of fused-ring (bicyclic) bond motifs is 1. The molecule has 0 bridgehead atoms.